The Bertz CT molecular complexity index is 479. The summed E-state index contributed by atoms with van der Waals surface area (Å²) in [7, 11) is 3.11. The van der Waals surface area contributed by atoms with E-state index in [0.717, 1.165) is 5.56 Å². The van der Waals surface area contributed by atoms with Crippen molar-refractivity contribution in [2.24, 2.45) is 5.92 Å². The molecule has 1 fully saturated rings. The molecule has 1 saturated heterocycles. The van der Waals surface area contributed by atoms with Gasteiger partial charge in [-0.2, -0.15) is 0 Å². The zero-order valence-corrected chi connectivity index (χ0v) is 11.3. The van der Waals surface area contributed by atoms with Crippen molar-refractivity contribution in [1.29, 1.82) is 0 Å². The van der Waals surface area contributed by atoms with E-state index in [9.17, 15) is 9.90 Å². The van der Waals surface area contributed by atoms with E-state index in [1.807, 2.05) is 13.0 Å². The van der Waals surface area contributed by atoms with Crippen LogP contribution >= 0.6 is 0 Å². The first-order valence-corrected chi connectivity index (χ1v) is 6.11. The summed E-state index contributed by atoms with van der Waals surface area (Å²) in [6, 6.07) is 3.56. The van der Waals surface area contributed by atoms with Crippen LogP contribution in [0.2, 0.25) is 0 Å². The molecule has 1 aromatic carbocycles. The molecule has 0 bridgehead atoms. The quantitative estimate of drug-likeness (QED) is 0.880. The van der Waals surface area contributed by atoms with Gasteiger partial charge in [-0.05, 0) is 24.6 Å². The molecule has 5 nitrogen and oxygen atoms in total. The number of ether oxygens (including phenoxy) is 3. The lowest BCUT2D eigenvalue weighted by molar-refractivity contribution is -0.146. The zero-order chi connectivity index (χ0) is 14.0. The molecule has 104 valence electrons. The number of benzene rings is 1. The molecular weight excluding hydrogens is 248 g/mol. The topological polar surface area (TPSA) is 65.0 Å². The highest BCUT2D eigenvalue weighted by Crippen LogP contribution is 2.39. The summed E-state index contributed by atoms with van der Waals surface area (Å²) in [6.45, 7) is 2.83. The average molecular weight is 266 g/mol. The molecule has 1 aliphatic heterocycles. The van der Waals surface area contributed by atoms with Gasteiger partial charge in [0.2, 0.25) is 0 Å². The van der Waals surface area contributed by atoms with Crippen LogP contribution in [0.25, 0.3) is 0 Å². The molecule has 0 spiro atoms. The minimum Gasteiger partial charge on any atom is -0.496 e. The molecule has 0 saturated carbocycles. The second-order valence-electron chi connectivity index (χ2n) is 4.68. The van der Waals surface area contributed by atoms with Crippen molar-refractivity contribution in [3.05, 3.63) is 23.3 Å². The van der Waals surface area contributed by atoms with Gasteiger partial charge in [0, 0.05) is 11.5 Å². The van der Waals surface area contributed by atoms with Crippen molar-refractivity contribution in [3.63, 3.8) is 0 Å². The van der Waals surface area contributed by atoms with E-state index in [1.165, 1.54) is 0 Å². The molecule has 19 heavy (non-hydrogen) atoms. The van der Waals surface area contributed by atoms with Gasteiger partial charge in [-0.15, -0.1) is 0 Å². The van der Waals surface area contributed by atoms with E-state index in [2.05, 4.69) is 0 Å². The summed E-state index contributed by atoms with van der Waals surface area (Å²) >= 11 is 0. The predicted molar refractivity (Wildman–Crippen MR) is 69.0 cm³/mol. The third-order valence-corrected chi connectivity index (χ3v) is 3.48. The zero-order valence-electron chi connectivity index (χ0n) is 11.3. The van der Waals surface area contributed by atoms with Gasteiger partial charge in [0.1, 0.15) is 11.5 Å². The normalized spacial score (nSPS) is 16.6. The maximum atomic E-state index is 11.5. The molecule has 0 aliphatic carbocycles. The Balaban J connectivity index is 2.47. The smallest absolute Gasteiger partial charge is 0.311 e. The van der Waals surface area contributed by atoms with Gasteiger partial charge in [0.25, 0.3) is 0 Å². The van der Waals surface area contributed by atoms with Gasteiger partial charge in [0.15, 0.2) is 0 Å². The monoisotopic (exact) mass is 266 g/mol. The largest absolute Gasteiger partial charge is 0.496 e. The van der Waals surface area contributed by atoms with Crippen LogP contribution in [0.15, 0.2) is 12.1 Å². The van der Waals surface area contributed by atoms with Crippen molar-refractivity contribution in [3.8, 4) is 11.5 Å². The number of carbonyl (C=O) groups is 1. The van der Waals surface area contributed by atoms with Gasteiger partial charge in [-0.1, -0.05) is 0 Å². The number of methoxy groups -OCH3 is 2. The summed E-state index contributed by atoms with van der Waals surface area (Å²) in [5.74, 6) is -0.255. The van der Waals surface area contributed by atoms with Crippen LogP contribution in [0.4, 0.5) is 0 Å². The predicted octanol–water partition coefficient (Wildman–Crippen LogP) is 1.83. The minimum absolute atomic E-state index is 0.0150. The van der Waals surface area contributed by atoms with Crippen LogP contribution in [0.5, 0.6) is 11.5 Å². The summed E-state index contributed by atoms with van der Waals surface area (Å²) in [4.78, 5) is 11.5. The van der Waals surface area contributed by atoms with E-state index in [1.54, 1.807) is 20.3 Å². The highest BCUT2D eigenvalue weighted by molar-refractivity contribution is 5.78. The third kappa shape index (κ3) is 2.51. The fourth-order valence-corrected chi connectivity index (χ4v) is 2.35. The molecule has 1 unspecified atom stereocenters. The maximum Gasteiger partial charge on any atom is 0.311 e. The summed E-state index contributed by atoms with van der Waals surface area (Å²) < 4.78 is 15.7. The van der Waals surface area contributed by atoms with Gasteiger partial charge in [-0.3, -0.25) is 4.79 Å². The highest BCUT2D eigenvalue weighted by Gasteiger charge is 2.37. The van der Waals surface area contributed by atoms with Crippen LogP contribution in [0.3, 0.4) is 0 Å². The molecule has 1 aliphatic rings. The lowest BCUT2D eigenvalue weighted by atomic mass is 9.83. The third-order valence-electron chi connectivity index (χ3n) is 3.48. The maximum absolute atomic E-state index is 11.5. The first-order valence-electron chi connectivity index (χ1n) is 6.11. The summed E-state index contributed by atoms with van der Waals surface area (Å²) in [6.07, 6.45) is 0. The Morgan fingerprint density at radius 1 is 1.32 bits per heavy atom. The average Bonchev–Trinajstić information content (AvgIpc) is 2.33. The number of aliphatic carboxylic acids is 1. The van der Waals surface area contributed by atoms with Crippen LogP contribution in [0, 0.1) is 12.8 Å². The Kier molecular flexibility index (Phi) is 3.95. The van der Waals surface area contributed by atoms with E-state index < -0.39 is 11.9 Å². The number of hydrogen-bond donors (Lipinski definition) is 1. The lowest BCUT2D eigenvalue weighted by Gasteiger charge is -2.32. The number of aryl methyl sites for hydroxylation is 1. The minimum atomic E-state index is -0.863. The summed E-state index contributed by atoms with van der Waals surface area (Å²) in [5.41, 5.74) is 1.56. The molecule has 1 N–H and O–H groups in total. The standard InChI is InChI=1S/C14H18O5/c1-8-4-12(18-3)10(5-11(8)17-2)13(14(15)16)9-6-19-7-9/h4-5,9,13H,6-7H2,1-3H3,(H,15,16). The highest BCUT2D eigenvalue weighted by atomic mass is 16.5. The molecule has 0 aromatic heterocycles. The van der Waals surface area contributed by atoms with Gasteiger partial charge in [-0.25, -0.2) is 0 Å². The molecule has 2 rings (SSSR count). The lowest BCUT2D eigenvalue weighted by Crippen LogP contribution is -2.37. The Morgan fingerprint density at radius 3 is 2.37 bits per heavy atom. The Labute approximate surface area is 112 Å². The van der Waals surface area contributed by atoms with Crippen LogP contribution in [-0.4, -0.2) is 38.5 Å². The Morgan fingerprint density at radius 2 is 1.95 bits per heavy atom. The van der Waals surface area contributed by atoms with Gasteiger partial charge < -0.3 is 19.3 Å². The van der Waals surface area contributed by atoms with Gasteiger partial charge >= 0.3 is 5.97 Å². The van der Waals surface area contributed by atoms with Gasteiger partial charge in [0.05, 0.1) is 33.4 Å². The van der Waals surface area contributed by atoms with Crippen LogP contribution in [-0.2, 0) is 9.53 Å². The van der Waals surface area contributed by atoms with Crippen LogP contribution < -0.4 is 9.47 Å². The SMILES string of the molecule is COc1cc(C(C(=O)O)C2COC2)c(OC)cc1C. The van der Waals surface area contributed by atoms with Crippen molar-refractivity contribution in [2.75, 3.05) is 27.4 Å². The van der Waals surface area contributed by atoms with E-state index >= 15 is 0 Å². The number of carboxylic acids is 1. The van der Waals surface area contributed by atoms with E-state index in [0.29, 0.717) is 30.3 Å². The van der Waals surface area contributed by atoms with Crippen molar-refractivity contribution < 1.29 is 24.1 Å². The van der Waals surface area contributed by atoms with Crippen LogP contribution in [0.1, 0.15) is 17.0 Å². The summed E-state index contributed by atoms with van der Waals surface area (Å²) in [5, 5.41) is 9.46. The number of carboxylic acid groups (broad SMARTS) is 1. The first-order chi connectivity index (χ1) is 9.08. The molecule has 1 atom stereocenters. The number of rotatable bonds is 5. The fourth-order valence-electron chi connectivity index (χ4n) is 2.35. The first kappa shape index (κ1) is 13.7. The fraction of sp³-hybridized carbons (Fsp3) is 0.500. The second-order valence-corrected chi connectivity index (χ2v) is 4.68. The molecule has 1 heterocycles. The molecule has 0 radical (unpaired) electrons. The van der Waals surface area contributed by atoms with Crippen molar-refractivity contribution in [2.45, 2.75) is 12.8 Å². The molecule has 0 amide bonds. The number of hydrogen-bond acceptors (Lipinski definition) is 4. The molecular formula is C14H18O5. The molecule has 1 aromatic rings. The second kappa shape index (κ2) is 5.48. The Hall–Kier alpha value is -1.75. The van der Waals surface area contributed by atoms with E-state index in [-0.39, 0.29) is 5.92 Å². The van der Waals surface area contributed by atoms with Crippen molar-refractivity contribution >= 4 is 5.97 Å². The van der Waals surface area contributed by atoms with Crippen molar-refractivity contribution in [1.82, 2.24) is 0 Å². The molecule has 5 heteroatoms. The van der Waals surface area contributed by atoms with E-state index in [4.69, 9.17) is 14.2 Å².